The fourth-order valence-electron chi connectivity index (χ4n) is 5.40. The first-order valence-corrected chi connectivity index (χ1v) is 8.58. The molecule has 2 aliphatic heterocycles. The molecule has 5 rings (SSSR count). The Morgan fingerprint density at radius 1 is 1.25 bits per heavy atom. The lowest BCUT2D eigenvalue weighted by Crippen LogP contribution is -2.60. The summed E-state index contributed by atoms with van der Waals surface area (Å²) >= 11 is 0. The van der Waals surface area contributed by atoms with Gasteiger partial charge in [-0.15, -0.1) is 0 Å². The molecule has 0 bridgehead atoms. The predicted octanol–water partition coefficient (Wildman–Crippen LogP) is -0.765. The molecule has 0 aromatic carbocycles. The van der Waals surface area contributed by atoms with Crippen LogP contribution in [0.5, 0.6) is 0 Å². The van der Waals surface area contributed by atoms with Crippen molar-refractivity contribution in [1.29, 1.82) is 0 Å². The SMILES string of the molecule is [O-][N+]1=C2CCc3c(no[n+]3[O-])[C@]2(O)[C@H]2CCC[C@]21N1CCOCC1. The van der Waals surface area contributed by atoms with Gasteiger partial charge in [0.25, 0.3) is 5.69 Å². The van der Waals surface area contributed by atoms with Gasteiger partial charge in [0.2, 0.25) is 22.7 Å². The number of ether oxygens (including phenoxy) is 1. The van der Waals surface area contributed by atoms with Gasteiger partial charge in [0.15, 0.2) is 0 Å². The zero-order valence-electron chi connectivity index (χ0n) is 13.3. The Labute approximate surface area is 138 Å². The Bertz CT molecular complexity index is 727. The molecule has 9 nitrogen and oxygen atoms in total. The molecule has 3 atom stereocenters. The summed E-state index contributed by atoms with van der Waals surface area (Å²) in [5, 5.41) is 40.6. The molecule has 3 heterocycles. The molecule has 1 saturated heterocycles. The normalized spacial score (nSPS) is 39.0. The van der Waals surface area contributed by atoms with Gasteiger partial charge >= 0.3 is 0 Å². The second kappa shape index (κ2) is 4.68. The first kappa shape index (κ1) is 14.6. The van der Waals surface area contributed by atoms with Gasteiger partial charge < -0.3 is 20.3 Å². The van der Waals surface area contributed by atoms with Crippen molar-refractivity contribution in [2.45, 2.75) is 43.4 Å². The Kier molecular flexibility index (Phi) is 2.85. The van der Waals surface area contributed by atoms with E-state index in [1.54, 1.807) is 0 Å². The molecule has 130 valence electrons. The predicted molar refractivity (Wildman–Crippen MR) is 78.8 cm³/mol. The van der Waals surface area contributed by atoms with E-state index in [2.05, 4.69) is 10.1 Å². The van der Waals surface area contributed by atoms with Crippen LogP contribution in [-0.2, 0) is 16.8 Å². The molecule has 24 heavy (non-hydrogen) atoms. The lowest BCUT2D eigenvalue weighted by Gasteiger charge is -2.41. The van der Waals surface area contributed by atoms with E-state index in [0.29, 0.717) is 61.9 Å². The van der Waals surface area contributed by atoms with Crippen LogP contribution in [0.2, 0.25) is 0 Å². The second-order valence-electron chi connectivity index (χ2n) is 7.16. The highest BCUT2D eigenvalue weighted by Crippen LogP contribution is 2.56. The van der Waals surface area contributed by atoms with Crippen molar-refractivity contribution in [1.82, 2.24) is 10.1 Å². The highest BCUT2D eigenvalue weighted by molar-refractivity contribution is 5.92. The minimum Gasteiger partial charge on any atom is -0.622 e. The van der Waals surface area contributed by atoms with Crippen molar-refractivity contribution in [3.05, 3.63) is 21.8 Å². The Hall–Kier alpha value is -1.71. The summed E-state index contributed by atoms with van der Waals surface area (Å²) in [5.41, 5.74) is -1.24. The van der Waals surface area contributed by atoms with E-state index in [-0.39, 0.29) is 11.6 Å². The summed E-state index contributed by atoms with van der Waals surface area (Å²) < 4.78 is 11.2. The van der Waals surface area contributed by atoms with E-state index >= 15 is 0 Å². The molecule has 2 aliphatic carbocycles. The maximum atomic E-state index is 13.4. The number of fused-ring (bicyclic) bond motifs is 5. The van der Waals surface area contributed by atoms with Crippen molar-refractivity contribution < 1.29 is 24.1 Å². The molecule has 1 N–H and O–H groups in total. The van der Waals surface area contributed by atoms with Crippen molar-refractivity contribution in [2.24, 2.45) is 5.92 Å². The van der Waals surface area contributed by atoms with Crippen LogP contribution in [0.25, 0.3) is 0 Å². The number of rotatable bonds is 1. The van der Waals surface area contributed by atoms with Crippen molar-refractivity contribution in [2.75, 3.05) is 26.3 Å². The van der Waals surface area contributed by atoms with E-state index in [4.69, 9.17) is 9.37 Å². The molecule has 0 amide bonds. The summed E-state index contributed by atoms with van der Waals surface area (Å²) in [6, 6.07) is 0. The van der Waals surface area contributed by atoms with E-state index in [0.717, 1.165) is 17.6 Å². The number of morpholine rings is 1. The van der Waals surface area contributed by atoms with E-state index in [1.807, 2.05) is 0 Å². The lowest BCUT2D eigenvalue weighted by atomic mass is 9.73. The third-order valence-electron chi connectivity index (χ3n) is 6.36. The van der Waals surface area contributed by atoms with E-state index < -0.39 is 11.3 Å². The minimum absolute atomic E-state index is 0.238. The van der Waals surface area contributed by atoms with Crippen LogP contribution >= 0.6 is 0 Å². The fourth-order valence-corrected chi connectivity index (χ4v) is 5.40. The van der Waals surface area contributed by atoms with Gasteiger partial charge in [0, 0.05) is 37.5 Å². The maximum Gasteiger partial charge on any atom is 0.263 e. The number of hydrogen-bond acceptors (Lipinski definition) is 7. The number of aliphatic hydroxyl groups is 1. The van der Waals surface area contributed by atoms with Crippen LogP contribution in [-0.4, -0.2) is 57.6 Å². The summed E-state index contributed by atoms with van der Waals surface area (Å²) in [6.07, 6.45) is 3.02. The molecular weight excluding hydrogens is 316 g/mol. The van der Waals surface area contributed by atoms with Gasteiger partial charge in [-0.2, -0.15) is 4.74 Å². The van der Waals surface area contributed by atoms with Crippen LogP contribution < -0.4 is 4.90 Å². The highest BCUT2D eigenvalue weighted by Gasteiger charge is 2.75. The van der Waals surface area contributed by atoms with Crippen LogP contribution in [0.15, 0.2) is 4.63 Å². The molecule has 4 aliphatic rings. The second-order valence-corrected chi connectivity index (χ2v) is 7.16. The standard InChI is InChI=1S/C15H20N4O5/c20-15-11-2-1-5-14(11,17-6-8-23-9-7-17)18(21)12(15)4-3-10-13(15)16-24-19(10)22/h11,20H,1-9H2/t11-,14+,15-/m0/s1. The average molecular weight is 336 g/mol. The van der Waals surface area contributed by atoms with Gasteiger partial charge in [-0.25, -0.2) is 4.90 Å². The Morgan fingerprint density at radius 2 is 2.04 bits per heavy atom. The first-order valence-electron chi connectivity index (χ1n) is 8.58. The molecule has 0 unspecified atom stereocenters. The van der Waals surface area contributed by atoms with E-state index in [9.17, 15) is 15.5 Å². The molecular formula is C15H20N4O5. The number of hydroxylamine groups is 1. The van der Waals surface area contributed by atoms with Gasteiger partial charge in [-0.05, 0) is 17.7 Å². The van der Waals surface area contributed by atoms with Crippen LogP contribution in [0.3, 0.4) is 0 Å². The highest BCUT2D eigenvalue weighted by atomic mass is 16.8. The van der Waals surface area contributed by atoms with Gasteiger partial charge in [0.1, 0.15) is 0 Å². The van der Waals surface area contributed by atoms with E-state index in [1.165, 1.54) is 0 Å². The van der Waals surface area contributed by atoms with Crippen LogP contribution in [0, 0.1) is 16.3 Å². The van der Waals surface area contributed by atoms with Crippen LogP contribution in [0.1, 0.15) is 37.1 Å². The van der Waals surface area contributed by atoms with Crippen molar-refractivity contribution in [3.63, 3.8) is 0 Å². The quantitative estimate of drug-likeness (QED) is 0.530. The first-order chi connectivity index (χ1) is 11.6. The fraction of sp³-hybridized carbons (Fsp3) is 0.800. The molecule has 9 heteroatoms. The molecule has 1 saturated carbocycles. The number of hydrogen-bond donors (Lipinski definition) is 1. The molecule has 1 aromatic heterocycles. The summed E-state index contributed by atoms with van der Waals surface area (Å²) in [7, 11) is 0. The Balaban J connectivity index is 1.69. The smallest absolute Gasteiger partial charge is 0.263 e. The zero-order valence-corrected chi connectivity index (χ0v) is 13.3. The monoisotopic (exact) mass is 336 g/mol. The van der Waals surface area contributed by atoms with Gasteiger partial charge in [0.05, 0.1) is 19.1 Å². The third-order valence-corrected chi connectivity index (χ3v) is 6.36. The van der Waals surface area contributed by atoms with Crippen LogP contribution in [0.4, 0.5) is 0 Å². The summed E-state index contributed by atoms with van der Waals surface area (Å²) in [5.74, 6) is -0.306. The zero-order chi connectivity index (χ0) is 16.5. The average Bonchev–Trinajstić information content (AvgIpc) is 3.25. The van der Waals surface area contributed by atoms with Gasteiger partial charge in [-0.3, -0.25) is 4.63 Å². The number of aromatic nitrogens is 2. The minimum atomic E-state index is -1.50. The molecule has 0 radical (unpaired) electrons. The topological polar surface area (TPSA) is 112 Å². The van der Waals surface area contributed by atoms with Crippen molar-refractivity contribution in [3.8, 4) is 0 Å². The maximum absolute atomic E-state index is 13.4. The molecule has 0 spiro atoms. The number of nitrogens with zero attached hydrogens (tertiary/aromatic N) is 4. The molecule has 1 aromatic rings. The van der Waals surface area contributed by atoms with Gasteiger partial charge in [-0.1, -0.05) is 0 Å². The summed E-state index contributed by atoms with van der Waals surface area (Å²) in [4.78, 5) is 2.53. The summed E-state index contributed by atoms with van der Waals surface area (Å²) in [6.45, 7) is 2.52. The molecule has 2 fully saturated rings. The lowest BCUT2D eigenvalue weighted by molar-refractivity contribution is -0.808. The Morgan fingerprint density at radius 3 is 2.83 bits per heavy atom. The third kappa shape index (κ3) is 1.49. The largest absolute Gasteiger partial charge is 0.622 e. The van der Waals surface area contributed by atoms with Crippen molar-refractivity contribution >= 4 is 5.71 Å².